The van der Waals surface area contributed by atoms with E-state index in [9.17, 15) is 15.0 Å². The zero-order chi connectivity index (χ0) is 35.3. The topological polar surface area (TPSA) is 60.8 Å². The van der Waals surface area contributed by atoms with Gasteiger partial charge in [0.1, 0.15) is 0 Å². The molecule has 0 aliphatic carbocycles. The van der Waals surface area contributed by atoms with Crippen LogP contribution in [0.15, 0.2) is 0 Å². The molecule has 0 rings (SSSR count). The number of nitrogens with zero attached hydrogens (tertiary/aromatic N) is 1. The lowest BCUT2D eigenvalue weighted by Crippen LogP contribution is -2.44. The first kappa shape index (κ1) is 47.4. The first-order chi connectivity index (χ1) is 23.5. The summed E-state index contributed by atoms with van der Waals surface area (Å²) in [5.41, 5.74) is 0. The van der Waals surface area contributed by atoms with Crippen LogP contribution in [0.2, 0.25) is 0 Å². The summed E-state index contributed by atoms with van der Waals surface area (Å²) >= 11 is 0. The van der Waals surface area contributed by atoms with Crippen LogP contribution in [0.5, 0.6) is 0 Å². The van der Waals surface area contributed by atoms with Crippen molar-refractivity contribution in [2.24, 2.45) is 11.8 Å². The molecule has 4 nitrogen and oxygen atoms in total. The summed E-state index contributed by atoms with van der Waals surface area (Å²) in [4.78, 5) is 15.8. The van der Waals surface area contributed by atoms with Crippen LogP contribution in [0.25, 0.3) is 0 Å². The van der Waals surface area contributed by atoms with Gasteiger partial charge in [-0.15, -0.1) is 0 Å². The third-order valence-electron chi connectivity index (χ3n) is 10.7. The number of aliphatic hydroxyl groups excluding tert-OH is 2. The van der Waals surface area contributed by atoms with Crippen molar-refractivity contribution < 1.29 is 15.0 Å². The van der Waals surface area contributed by atoms with Gasteiger partial charge in [-0.3, -0.25) is 4.79 Å². The summed E-state index contributed by atoms with van der Waals surface area (Å²) in [6.07, 6.45) is 42.6. The van der Waals surface area contributed by atoms with Crippen LogP contribution in [0.1, 0.15) is 240 Å². The number of aliphatic hydroxyl groups is 2. The lowest BCUT2D eigenvalue weighted by atomic mass is 9.92. The van der Waals surface area contributed by atoms with E-state index in [0.29, 0.717) is 12.5 Å². The zero-order valence-electron chi connectivity index (χ0n) is 33.4. The van der Waals surface area contributed by atoms with Gasteiger partial charge in [0.25, 0.3) is 0 Å². The molecular weight excluding hydrogens is 590 g/mol. The van der Waals surface area contributed by atoms with E-state index in [1.165, 1.54) is 173 Å². The Bertz CT molecular complexity index is 641. The third kappa shape index (κ3) is 31.4. The molecule has 0 spiro atoms. The second kappa shape index (κ2) is 37.6. The quantitative estimate of drug-likeness (QED) is 0.0636. The molecule has 0 radical (unpaired) electrons. The second-order valence-corrected chi connectivity index (χ2v) is 15.8. The molecule has 3 atom stereocenters. The summed E-state index contributed by atoms with van der Waals surface area (Å²) in [6.45, 7) is 9.73. The summed E-state index contributed by atoms with van der Waals surface area (Å²) in [7, 11) is 0. The van der Waals surface area contributed by atoms with Crippen LogP contribution in [-0.2, 0) is 4.79 Å². The van der Waals surface area contributed by atoms with Gasteiger partial charge in [-0.2, -0.15) is 0 Å². The van der Waals surface area contributed by atoms with Crippen molar-refractivity contribution in [1.29, 1.82) is 0 Å². The van der Waals surface area contributed by atoms with E-state index < -0.39 is 6.10 Å². The first-order valence-corrected chi connectivity index (χ1v) is 22.1. The van der Waals surface area contributed by atoms with Gasteiger partial charge in [0, 0.05) is 19.0 Å². The van der Waals surface area contributed by atoms with Crippen LogP contribution in [0.3, 0.4) is 0 Å². The number of amides is 1. The number of hydrogen-bond donors (Lipinski definition) is 2. The minimum absolute atomic E-state index is 0.0568. The highest BCUT2D eigenvalue weighted by atomic mass is 16.3. The third-order valence-corrected chi connectivity index (χ3v) is 10.7. The Hall–Kier alpha value is -0.610. The number of carbonyl (C=O) groups is 1. The molecule has 0 aliphatic rings. The molecule has 0 aromatic rings. The SMILES string of the molecule is CCCCCCCCCCCCCCCCCCC(CCCC)C(=O)N(CC(C)CCCCCCCCCCCCCC)CC(O)CO. The highest BCUT2D eigenvalue weighted by molar-refractivity contribution is 5.78. The molecule has 2 N–H and O–H groups in total. The lowest BCUT2D eigenvalue weighted by Gasteiger charge is -2.31. The molecule has 0 aliphatic heterocycles. The summed E-state index contributed by atoms with van der Waals surface area (Å²) in [6, 6.07) is 0. The number of rotatable bonds is 39. The molecule has 0 bridgehead atoms. The van der Waals surface area contributed by atoms with E-state index in [0.717, 1.165) is 38.5 Å². The van der Waals surface area contributed by atoms with Gasteiger partial charge >= 0.3 is 0 Å². The fourth-order valence-corrected chi connectivity index (χ4v) is 7.41. The predicted molar refractivity (Wildman–Crippen MR) is 212 cm³/mol. The van der Waals surface area contributed by atoms with Gasteiger partial charge in [-0.05, 0) is 25.2 Å². The Morgan fingerprint density at radius 2 is 0.771 bits per heavy atom. The minimum Gasteiger partial charge on any atom is -0.394 e. The van der Waals surface area contributed by atoms with Crippen molar-refractivity contribution in [1.82, 2.24) is 4.90 Å². The van der Waals surface area contributed by atoms with Gasteiger partial charge < -0.3 is 15.1 Å². The Morgan fingerprint density at radius 1 is 0.458 bits per heavy atom. The predicted octanol–water partition coefficient (Wildman–Crippen LogP) is 13.4. The van der Waals surface area contributed by atoms with E-state index in [4.69, 9.17) is 0 Å². The monoisotopic (exact) mass is 680 g/mol. The van der Waals surface area contributed by atoms with Gasteiger partial charge in [0.15, 0.2) is 0 Å². The molecule has 48 heavy (non-hydrogen) atoms. The fourth-order valence-electron chi connectivity index (χ4n) is 7.41. The molecule has 0 fully saturated rings. The standard InChI is InChI=1S/C44H89NO3/c1-5-8-11-13-15-17-19-21-22-23-24-26-28-30-32-34-37-42(36-10-7-3)44(48)45(39-43(47)40-46)38-41(4)35-33-31-29-27-25-20-18-16-14-12-9-6-2/h41-43,46-47H,5-40H2,1-4H3. The van der Waals surface area contributed by atoms with Crippen molar-refractivity contribution in [3.63, 3.8) is 0 Å². The molecule has 288 valence electrons. The molecule has 0 saturated carbocycles. The minimum atomic E-state index is -0.852. The van der Waals surface area contributed by atoms with Crippen LogP contribution in [0, 0.1) is 11.8 Å². The molecule has 0 heterocycles. The van der Waals surface area contributed by atoms with Gasteiger partial charge in [-0.25, -0.2) is 0 Å². The second-order valence-electron chi connectivity index (χ2n) is 15.8. The lowest BCUT2D eigenvalue weighted by molar-refractivity contribution is -0.138. The van der Waals surface area contributed by atoms with Crippen LogP contribution in [-0.4, -0.2) is 46.8 Å². The van der Waals surface area contributed by atoms with Crippen molar-refractivity contribution >= 4 is 5.91 Å². The maximum atomic E-state index is 13.8. The summed E-state index contributed by atoms with van der Waals surface area (Å²) < 4.78 is 0. The zero-order valence-corrected chi connectivity index (χ0v) is 33.4. The van der Waals surface area contributed by atoms with E-state index >= 15 is 0 Å². The Kier molecular flexibility index (Phi) is 37.2. The van der Waals surface area contributed by atoms with Gasteiger partial charge in [0.05, 0.1) is 12.7 Å². The Balaban J connectivity index is 4.30. The van der Waals surface area contributed by atoms with Crippen molar-refractivity contribution in [3.8, 4) is 0 Å². The maximum absolute atomic E-state index is 13.8. The Labute approximate surface area is 302 Å². The van der Waals surface area contributed by atoms with E-state index in [-0.39, 0.29) is 25.0 Å². The van der Waals surface area contributed by atoms with Crippen molar-refractivity contribution in [2.75, 3.05) is 19.7 Å². The van der Waals surface area contributed by atoms with Crippen LogP contribution in [0.4, 0.5) is 0 Å². The highest BCUT2D eigenvalue weighted by Crippen LogP contribution is 2.23. The molecule has 4 heteroatoms. The van der Waals surface area contributed by atoms with E-state index in [2.05, 4.69) is 27.7 Å². The van der Waals surface area contributed by atoms with Gasteiger partial charge in [0.2, 0.25) is 5.91 Å². The average Bonchev–Trinajstić information content (AvgIpc) is 3.09. The number of hydrogen-bond acceptors (Lipinski definition) is 3. The molecule has 0 aromatic heterocycles. The number of carbonyl (C=O) groups excluding carboxylic acids is 1. The van der Waals surface area contributed by atoms with E-state index in [1.54, 1.807) is 0 Å². The van der Waals surface area contributed by atoms with Crippen LogP contribution >= 0.6 is 0 Å². The van der Waals surface area contributed by atoms with Crippen molar-refractivity contribution in [2.45, 2.75) is 246 Å². The smallest absolute Gasteiger partial charge is 0.225 e. The fraction of sp³-hybridized carbons (Fsp3) is 0.977. The van der Waals surface area contributed by atoms with Crippen LogP contribution < -0.4 is 0 Å². The summed E-state index contributed by atoms with van der Waals surface area (Å²) in [5, 5.41) is 19.9. The van der Waals surface area contributed by atoms with Gasteiger partial charge in [-0.1, -0.05) is 220 Å². The largest absolute Gasteiger partial charge is 0.394 e. The highest BCUT2D eigenvalue weighted by Gasteiger charge is 2.26. The molecular formula is C44H89NO3. The molecule has 1 amide bonds. The number of unbranched alkanes of at least 4 members (excludes halogenated alkanes) is 27. The molecule has 0 saturated heterocycles. The Morgan fingerprint density at radius 3 is 1.12 bits per heavy atom. The normalized spacial score (nSPS) is 13.5. The first-order valence-electron chi connectivity index (χ1n) is 22.1. The maximum Gasteiger partial charge on any atom is 0.225 e. The van der Waals surface area contributed by atoms with E-state index in [1.807, 2.05) is 4.90 Å². The van der Waals surface area contributed by atoms with Crippen molar-refractivity contribution in [3.05, 3.63) is 0 Å². The summed E-state index contributed by atoms with van der Waals surface area (Å²) in [5.74, 6) is 0.699. The molecule has 3 unspecified atom stereocenters. The molecule has 0 aromatic carbocycles. The average molecular weight is 680 g/mol.